The lowest BCUT2D eigenvalue weighted by Crippen LogP contribution is -2.20. The number of aliphatic hydroxyl groups is 2. The number of esters is 1. The third kappa shape index (κ3) is 3.35. The van der Waals surface area contributed by atoms with Gasteiger partial charge in [0.1, 0.15) is 28.6 Å². The van der Waals surface area contributed by atoms with Crippen molar-refractivity contribution in [3.05, 3.63) is 39.2 Å². The number of methoxy groups -OCH3 is 1. The Hall–Kier alpha value is -2.38. The summed E-state index contributed by atoms with van der Waals surface area (Å²) in [6.45, 7) is 1.04. The number of phenols is 1. The number of aryl methyl sites for hydroxylation is 2. The molecule has 0 fully saturated rings. The Labute approximate surface area is 131 Å². The minimum Gasteiger partial charge on any atom is -0.507 e. The first-order valence-electron chi connectivity index (χ1n) is 7.04. The number of fused-ring (bicyclic) bond motifs is 1. The zero-order chi connectivity index (χ0) is 17.1. The van der Waals surface area contributed by atoms with Crippen LogP contribution in [-0.4, -0.2) is 35.0 Å². The van der Waals surface area contributed by atoms with E-state index in [2.05, 4.69) is 4.74 Å². The third-order valence-corrected chi connectivity index (χ3v) is 3.52. The maximum absolute atomic E-state index is 12.6. The van der Waals surface area contributed by atoms with E-state index in [9.17, 15) is 19.8 Å². The highest BCUT2D eigenvalue weighted by molar-refractivity contribution is 5.84. The molecule has 1 atom stereocenters. The number of ether oxygens (including phenoxy) is 1. The van der Waals surface area contributed by atoms with Gasteiger partial charge in [-0.05, 0) is 24.6 Å². The molecule has 0 saturated carbocycles. The topological polar surface area (TPSA) is 117 Å². The number of aliphatic hydroxyl groups excluding tert-OH is 2. The average molecular weight is 322 g/mol. The molecule has 0 amide bonds. The lowest BCUT2D eigenvalue weighted by molar-refractivity contribution is -0.140. The van der Waals surface area contributed by atoms with Crippen molar-refractivity contribution < 1.29 is 29.3 Å². The van der Waals surface area contributed by atoms with Gasteiger partial charge in [0, 0.05) is 6.42 Å². The molecule has 1 heterocycles. The van der Waals surface area contributed by atoms with Gasteiger partial charge in [-0.1, -0.05) is 0 Å². The van der Waals surface area contributed by atoms with Gasteiger partial charge in [-0.3, -0.25) is 9.59 Å². The molecule has 124 valence electrons. The number of aromatic hydroxyl groups is 1. The van der Waals surface area contributed by atoms with Gasteiger partial charge in [0.25, 0.3) is 0 Å². The van der Waals surface area contributed by atoms with Crippen molar-refractivity contribution in [2.75, 3.05) is 13.7 Å². The second-order valence-electron chi connectivity index (χ2n) is 5.20. The minimum atomic E-state index is -1.47. The maximum atomic E-state index is 12.6. The summed E-state index contributed by atoms with van der Waals surface area (Å²) in [4.78, 5) is 23.9. The number of carbonyl (C=O) groups is 1. The number of hydrogen-bond donors (Lipinski definition) is 3. The van der Waals surface area contributed by atoms with Crippen LogP contribution >= 0.6 is 0 Å². The quantitative estimate of drug-likeness (QED) is 0.701. The Morgan fingerprint density at radius 1 is 1.39 bits per heavy atom. The van der Waals surface area contributed by atoms with Gasteiger partial charge in [-0.15, -0.1) is 0 Å². The molecule has 1 aromatic carbocycles. The predicted octanol–water partition coefficient (Wildman–Crippen LogP) is 0.938. The van der Waals surface area contributed by atoms with Crippen molar-refractivity contribution in [1.82, 2.24) is 0 Å². The minimum absolute atomic E-state index is 0.0267. The van der Waals surface area contributed by atoms with Gasteiger partial charge >= 0.3 is 5.97 Å². The highest BCUT2D eigenvalue weighted by Crippen LogP contribution is 2.28. The zero-order valence-corrected chi connectivity index (χ0v) is 12.8. The van der Waals surface area contributed by atoms with Crippen LogP contribution in [0, 0.1) is 6.92 Å². The van der Waals surface area contributed by atoms with Gasteiger partial charge in [0.2, 0.25) is 5.43 Å². The lowest BCUT2D eigenvalue weighted by atomic mass is 10.0. The van der Waals surface area contributed by atoms with Crippen LogP contribution < -0.4 is 5.43 Å². The van der Waals surface area contributed by atoms with Crippen molar-refractivity contribution >= 4 is 16.9 Å². The lowest BCUT2D eigenvalue weighted by Gasteiger charge is -2.14. The fraction of sp³-hybridized carbons (Fsp3) is 0.375. The monoisotopic (exact) mass is 322 g/mol. The summed E-state index contributed by atoms with van der Waals surface area (Å²) < 4.78 is 10.2. The number of carbonyl (C=O) groups excluding carboxylic acids is 1. The van der Waals surface area contributed by atoms with E-state index in [1.807, 2.05) is 0 Å². The summed E-state index contributed by atoms with van der Waals surface area (Å²) in [6.07, 6.45) is -1.49. The summed E-state index contributed by atoms with van der Waals surface area (Å²) in [6, 6.07) is 2.98. The summed E-state index contributed by atoms with van der Waals surface area (Å²) in [5.74, 6) is -0.677. The summed E-state index contributed by atoms with van der Waals surface area (Å²) in [7, 11) is 1.24. The van der Waals surface area contributed by atoms with Crippen LogP contribution in [0.4, 0.5) is 0 Å². The molecule has 0 aliphatic carbocycles. The van der Waals surface area contributed by atoms with Crippen molar-refractivity contribution in [2.24, 2.45) is 0 Å². The standard InChI is InChI=1S/C16H18O7/c1-8-5-9(18)14-12(6-8)23-11(3-4-13(20)22-2)15(16(14)21)10(19)7-17/h5-6,10,17-19H,3-4,7H2,1-2H3. The summed E-state index contributed by atoms with van der Waals surface area (Å²) >= 11 is 0. The van der Waals surface area contributed by atoms with Crippen LogP contribution in [0.3, 0.4) is 0 Å². The van der Waals surface area contributed by atoms with Crippen LogP contribution in [0.1, 0.15) is 29.4 Å². The third-order valence-electron chi connectivity index (χ3n) is 3.52. The fourth-order valence-corrected chi connectivity index (χ4v) is 2.42. The molecule has 23 heavy (non-hydrogen) atoms. The molecule has 0 radical (unpaired) electrons. The van der Waals surface area contributed by atoms with E-state index in [1.54, 1.807) is 13.0 Å². The van der Waals surface area contributed by atoms with Gasteiger partial charge in [-0.25, -0.2) is 0 Å². The molecule has 0 saturated heterocycles. The van der Waals surface area contributed by atoms with E-state index in [-0.39, 0.29) is 40.9 Å². The van der Waals surface area contributed by atoms with Crippen LogP contribution in [0.5, 0.6) is 5.75 Å². The van der Waals surface area contributed by atoms with E-state index >= 15 is 0 Å². The van der Waals surface area contributed by atoms with Crippen molar-refractivity contribution in [2.45, 2.75) is 25.9 Å². The van der Waals surface area contributed by atoms with Crippen molar-refractivity contribution in [3.63, 3.8) is 0 Å². The molecule has 0 aliphatic rings. The summed E-state index contributed by atoms with van der Waals surface area (Å²) in [5, 5.41) is 29.0. The molecule has 2 rings (SSSR count). The fourth-order valence-electron chi connectivity index (χ4n) is 2.42. The Morgan fingerprint density at radius 2 is 2.09 bits per heavy atom. The van der Waals surface area contributed by atoms with Crippen molar-refractivity contribution in [1.29, 1.82) is 0 Å². The van der Waals surface area contributed by atoms with Gasteiger partial charge in [-0.2, -0.15) is 0 Å². The van der Waals surface area contributed by atoms with Gasteiger partial charge in [0.05, 0.1) is 25.7 Å². The van der Waals surface area contributed by atoms with E-state index in [1.165, 1.54) is 13.2 Å². The largest absolute Gasteiger partial charge is 0.507 e. The highest BCUT2D eigenvalue weighted by Gasteiger charge is 2.23. The first-order chi connectivity index (χ1) is 10.9. The van der Waals surface area contributed by atoms with Crippen LogP contribution in [0.25, 0.3) is 11.0 Å². The van der Waals surface area contributed by atoms with E-state index < -0.39 is 24.1 Å². The molecule has 1 unspecified atom stereocenters. The highest BCUT2D eigenvalue weighted by atomic mass is 16.5. The van der Waals surface area contributed by atoms with Crippen molar-refractivity contribution in [3.8, 4) is 5.75 Å². The van der Waals surface area contributed by atoms with Crippen LogP contribution in [-0.2, 0) is 16.0 Å². The van der Waals surface area contributed by atoms with Gasteiger partial charge in [0.15, 0.2) is 0 Å². The molecule has 7 nitrogen and oxygen atoms in total. The smallest absolute Gasteiger partial charge is 0.305 e. The number of rotatable bonds is 5. The second kappa shape index (κ2) is 6.80. The van der Waals surface area contributed by atoms with Crippen LogP contribution in [0.2, 0.25) is 0 Å². The molecule has 0 bridgehead atoms. The first-order valence-corrected chi connectivity index (χ1v) is 7.04. The van der Waals surface area contributed by atoms with E-state index in [0.29, 0.717) is 5.56 Å². The predicted molar refractivity (Wildman–Crippen MR) is 81.3 cm³/mol. The Morgan fingerprint density at radius 3 is 2.70 bits per heavy atom. The number of phenolic OH excluding ortho intramolecular Hbond substituents is 1. The van der Waals surface area contributed by atoms with E-state index in [4.69, 9.17) is 9.52 Å². The molecule has 1 aromatic heterocycles. The van der Waals surface area contributed by atoms with Gasteiger partial charge < -0.3 is 24.5 Å². The molecular weight excluding hydrogens is 304 g/mol. The maximum Gasteiger partial charge on any atom is 0.305 e. The Balaban J connectivity index is 2.68. The summed E-state index contributed by atoms with van der Waals surface area (Å²) in [5.41, 5.74) is 0.0435. The van der Waals surface area contributed by atoms with E-state index in [0.717, 1.165) is 0 Å². The first kappa shape index (κ1) is 17.0. The number of hydrogen-bond acceptors (Lipinski definition) is 7. The molecule has 0 aliphatic heterocycles. The normalized spacial score (nSPS) is 12.3. The van der Waals surface area contributed by atoms with Crippen LogP contribution in [0.15, 0.2) is 21.3 Å². The Kier molecular flexibility index (Phi) is 5.02. The Bertz CT molecular complexity index is 791. The second-order valence-corrected chi connectivity index (χ2v) is 5.20. The molecule has 7 heteroatoms. The molecule has 0 spiro atoms. The SMILES string of the molecule is COC(=O)CCc1oc2cc(C)cc(O)c2c(=O)c1C(O)CO. The zero-order valence-electron chi connectivity index (χ0n) is 12.8. The average Bonchev–Trinajstić information content (AvgIpc) is 2.50. The molecule has 2 aromatic rings. The molecular formula is C16H18O7. The molecule has 3 N–H and O–H groups in total. The number of benzene rings is 1.